The minimum atomic E-state index is -0.731. The third kappa shape index (κ3) is 4.27. The number of methoxy groups -OCH3 is 1. The molecule has 0 aromatic heterocycles. The zero-order chi connectivity index (χ0) is 19.4. The Morgan fingerprint density at radius 3 is 2.63 bits per heavy atom. The minimum Gasteiger partial charge on any atom is -0.493 e. The van der Waals surface area contributed by atoms with Crippen LogP contribution in [0.3, 0.4) is 0 Å². The maximum atomic E-state index is 13.1. The molecule has 0 saturated heterocycles. The summed E-state index contributed by atoms with van der Waals surface area (Å²) in [5, 5.41) is 5.14. The molecule has 1 saturated carbocycles. The fourth-order valence-corrected chi connectivity index (χ4v) is 3.99. The molecule has 1 amide bonds. The van der Waals surface area contributed by atoms with Gasteiger partial charge in [-0.25, -0.2) is 0 Å². The second-order valence-corrected chi connectivity index (χ2v) is 8.22. The van der Waals surface area contributed by atoms with Gasteiger partial charge in [0.2, 0.25) is 0 Å². The largest absolute Gasteiger partial charge is 0.493 e. The van der Waals surface area contributed by atoms with E-state index in [1.165, 1.54) is 0 Å². The van der Waals surface area contributed by atoms with Gasteiger partial charge in [-0.05, 0) is 43.2 Å². The van der Waals surface area contributed by atoms with Crippen molar-refractivity contribution in [3.05, 3.63) is 36.4 Å². The van der Waals surface area contributed by atoms with Crippen molar-refractivity contribution in [3.8, 4) is 5.75 Å². The Hall–Kier alpha value is -2.07. The summed E-state index contributed by atoms with van der Waals surface area (Å²) in [7, 11) is 1.65. The van der Waals surface area contributed by atoms with E-state index in [1.54, 1.807) is 7.11 Å². The molecule has 27 heavy (non-hydrogen) atoms. The molecule has 0 radical (unpaired) electrons. The van der Waals surface area contributed by atoms with Gasteiger partial charge in [0.25, 0.3) is 5.91 Å². The molecule has 0 aliphatic heterocycles. The smallest absolute Gasteiger partial charge is 0.256 e. The lowest BCUT2D eigenvalue weighted by Crippen LogP contribution is -2.47. The summed E-state index contributed by atoms with van der Waals surface area (Å²) < 4.78 is 11.7. The first-order chi connectivity index (χ1) is 12.9. The van der Waals surface area contributed by atoms with E-state index >= 15 is 0 Å². The average Bonchev–Trinajstić information content (AvgIpc) is 2.67. The van der Waals surface area contributed by atoms with Crippen molar-refractivity contribution in [1.29, 1.82) is 0 Å². The van der Waals surface area contributed by atoms with Gasteiger partial charge < -0.3 is 14.8 Å². The number of hydrogen-bond acceptors (Lipinski definition) is 3. The van der Waals surface area contributed by atoms with E-state index in [1.807, 2.05) is 36.4 Å². The molecule has 1 aliphatic carbocycles. The Labute approximate surface area is 162 Å². The first kappa shape index (κ1) is 19.7. The number of carbonyl (C=O) groups is 1. The second kappa shape index (κ2) is 8.30. The first-order valence-electron chi connectivity index (χ1n) is 9.96. The van der Waals surface area contributed by atoms with Gasteiger partial charge in [0.15, 0.2) is 0 Å². The van der Waals surface area contributed by atoms with Crippen LogP contribution in [-0.4, -0.2) is 25.2 Å². The summed E-state index contributed by atoms with van der Waals surface area (Å²) in [6.07, 6.45) is 3.71. The van der Waals surface area contributed by atoms with E-state index in [9.17, 15) is 4.79 Å². The van der Waals surface area contributed by atoms with Crippen LogP contribution in [0.2, 0.25) is 0 Å². The van der Waals surface area contributed by atoms with Crippen LogP contribution in [0, 0.1) is 11.8 Å². The van der Waals surface area contributed by atoms with Crippen LogP contribution >= 0.6 is 0 Å². The molecule has 2 aromatic rings. The highest BCUT2D eigenvalue weighted by atomic mass is 16.5. The maximum Gasteiger partial charge on any atom is 0.256 e. The van der Waals surface area contributed by atoms with Crippen LogP contribution in [0.1, 0.15) is 46.5 Å². The average molecular weight is 370 g/mol. The number of rotatable bonds is 6. The minimum absolute atomic E-state index is 0.0439. The Morgan fingerprint density at radius 1 is 1.22 bits per heavy atom. The molecule has 2 aromatic carbocycles. The van der Waals surface area contributed by atoms with Crippen molar-refractivity contribution in [2.24, 2.45) is 11.8 Å². The van der Waals surface area contributed by atoms with Crippen LogP contribution in [0.4, 0.5) is 5.69 Å². The molecule has 0 heterocycles. The lowest BCUT2D eigenvalue weighted by molar-refractivity contribution is -0.143. The SMILES string of the molecule is COC1(C(=O)Nc2ccc(OCC(C)C)c3ccccc23)CCCC(C)C1. The zero-order valence-corrected chi connectivity index (χ0v) is 16.9. The number of amides is 1. The maximum absolute atomic E-state index is 13.1. The van der Waals surface area contributed by atoms with Crippen LogP contribution in [-0.2, 0) is 9.53 Å². The van der Waals surface area contributed by atoms with Crippen molar-refractivity contribution in [2.75, 3.05) is 19.0 Å². The molecule has 1 aliphatic rings. The van der Waals surface area contributed by atoms with Crippen molar-refractivity contribution < 1.29 is 14.3 Å². The number of carbonyl (C=O) groups excluding carboxylic acids is 1. The Balaban J connectivity index is 1.88. The summed E-state index contributed by atoms with van der Waals surface area (Å²) in [5.74, 6) is 1.76. The Kier molecular flexibility index (Phi) is 6.05. The van der Waals surface area contributed by atoms with Crippen LogP contribution < -0.4 is 10.1 Å². The molecule has 1 N–H and O–H groups in total. The van der Waals surface area contributed by atoms with Gasteiger partial charge in [-0.2, -0.15) is 0 Å². The molecule has 4 heteroatoms. The van der Waals surface area contributed by atoms with Crippen molar-refractivity contribution in [1.82, 2.24) is 0 Å². The highest BCUT2D eigenvalue weighted by molar-refractivity contribution is 6.06. The fourth-order valence-electron chi connectivity index (χ4n) is 3.99. The molecule has 3 rings (SSSR count). The highest BCUT2D eigenvalue weighted by Gasteiger charge is 2.42. The number of nitrogens with one attached hydrogen (secondary N) is 1. The number of ether oxygens (including phenoxy) is 2. The number of anilines is 1. The number of fused-ring (bicyclic) bond motifs is 1. The summed E-state index contributed by atoms with van der Waals surface area (Å²) in [6, 6.07) is 11.9. The van der Waals surface area contributed by atoms with Gasteiger partial charge in [0.1, 0.15) is 11.4 Å². The van der Waals surface area contributed by atoms with Crippen molar-refractivity contribution >= 4 is 22.4 Å². The van der Waals surface area contributed by atoms with Gasteiger partial charge >= 0.3 is 0 Å². The molecule has 1 fully saturated rings. The molecule has 146 valence electrons. The lowest BCUT2D eigenvalue weighted by Gasteiger charge is -2.37. The van der Waals surface area contributed by atoms with Gasteiger partial charge in [0, 0.05) is 23.6 Å². The van der Waals surface area contributed by atoms with Gasteiger partial charge in [-0.3, -0.25) is 4.79 Å². The standard InChI is InChI=1S/C23H31NO3/c1-16(2)15-27-21-12-11-20(18-9-5-6-10-19(18)21)24-22(25)23(26-4)13-7-8-17(3)14-23/h5-6,9-12,16-17H,7-8,13-15H2,1-4H3,(H,24,25). The molecule has 2 unspecified atom stereocenters. The van der Waals surface area contributed by atoms with Crippen molar-refractivity contribution in [3.63, 3.8) is 0 Å². The van der Waals surface area contributed by atoms with E-state index in [0.717, 1.165) is 47.9 Å². The monoisotopic (exact) mass is 369 g/mol. The third-order valence-electron chi connectivity index (χ3n) is 5.46. The summed E-state index contributed by atoms with van der Waals surface area (Å²) in [4.78, 5) is 13.1. The quantitative estimate of drug-likeness (QED) is 0.741. The molecular formula is C23H31NO3. The van der Waals surface area contributed by atoms with E-state index in [0.29, 0.717) is 18.4 Å². The van der Waals surface area contributed by atoms with Gasteiger partial charge in [-0.15, -0.1) is 0 Å². The topological polar surface area (TPSA) is 47.6 Å². The number of hydrogen-bond donors (Lipinski definition) is 1. The van der Waals surface area contributed by atoms with Crippen molar-refractivity contribution in [2.45, 2.75) is 52.1 Å². The zero-order valence-electron chi connectivity index (χ0n) is 16.9. The first-order valence-corrected chi connectivity index (χ1v) is 9.96. The number of benzene rings is 2. The van der Waals surface area contributed by atoms with Gasteiger partial charge in [-0.1, -0.05) is 51.5 Å². The van der Waals surface area contributed by atoms with Gasteiger partial charge in [0.05, 0.1) is 6.61 Å². The molecule has 4 nitrogen and oxygen atoms in total. The summed E-state index contributed by atoms with van der Waals surface area (Å²) in [6.45, 7) is 7.12. The van der Waals surface area contributed by atoms with Crippen LogP contribution in [0.5, 0.6) is 5.75 Å². The summed E-state index contributed by atoms with van der Waals surface area (Å²) >= 11 is 0. The molecule has 0 bridgehead atoms. The molecular weight excluding hydrogens is 338 g/mol. The Bertz CT molecular complexity index is 801. The molecule has 0 spiro atoms. The highest BCUT2D eigenvalue weighted by Crippen LogP contribution is 2.37. The van der Waals surface area contributed by atoms with Crippen LogP contribution in [0.15, 0.2) is 36.4 Å². The Morgan fingerprint density at radius 2 is 1.96 bits per heavy atom. The molecule has 2 atom stereocenters. The second-order valence-electron chi connectivity index (χ2n) is 8.22. The van der Waals surface area contributed by atoms with E-state index in [2.05, 4.69) is 26.1 Å². The lowest BCUT2D eigenvalue weighted by atomic mass is 9.78. The van der Waals surface area contributed by atoms with E-state index < -0.39 is 5.60 Å². The normalized spacial score (nSPS) is 22.8. The predicted octanol–water partition coefficient (Wildman–Crippen LogP) is 5.41. The van der Waals surface area contributed by atoms with E-state index in [-0.39, 0.29) is 5.91 Å². The summed E-state index contributed by atoms with van der Waals surface area (Å²) in [5.41, 5.74) is 0.0770. The van der Waals surface area contributed by atoms with Crippen LogP contribution in [0.25, 0.3) is 10.8 Å². The van der Waals surface area contributed by atoms with E-state index in [4.69, 9.17) is 9.47 Å². The third-order valence-corrected chi connectivity index (χ3v) is 5.46. The predicted molar refractivity (Wildman–Crippen MR) is 110 cm³/mol. The fraction of sp³-hybridized carbons (Fsp3) is 0.522.